The minimum absolute atomic E-state index is 0.0448. The zero-order valence-corrected chi connectivity index (χ0v) is 16.0. The van der Waals surface area contributed by atoms with Gasteiger partial charge >= 0.3 is 0 Å². The van der Waals surface area contributed by atoms with Crippen molar-refractivity contribution >= 4 is 5.91 Å². The van der Waals surface area contributed by atoms with E-state index in [0.29, 0.717) is 37.0 Å². The summed E-state index contributed by atoms with van der Waals surface area (Å²) in [7, 11) is 0. The van der Waals surface area contributed by atoms with Gasteiger partial charge in [0, 0.05) is 18.2 Å². The smallest absolute Gasteiger partial charge is 0.226 e. The van der Waals surface area contributed by atoms with Crippen LogP contribution in [0.1, 0.15) is 26.0 Å². The van der Waals surface area contributed by atoms with Gasteiger partial charge in [-0.05, 0) is 44.3 Å². The normalized spacial score (nSPS) is 13.0. The van der Waals surface area contributed by atoms with Crippen LogP contribution in [-0.2, 0) is 11.2 Å². The number of hydrogen-bond acceptors (Lipinski definition) is 6. The molecule has 1 amide bonds. The van der Waals surface area contributed by atoms with E-state index in [0.717, 1.165) is 37.4 Å². The molecule has 1 N–H and O–H groups in total. The first-order chi connectivity index (χ1) is 13.2. The van der Waals surface area contributed by atoms with E-state index in [2.05, 4.69) is 29.2 Å². The Morgan fingerprint density at radius 2 is 1.93 bits per heavy atom. The third-order valence-corrected chi connectivity index (χ3v) is 4.60. The Bertz CT molecular complexity index is 755. The van der Waals surface area contributed by atoms with E-state index in [1.165, 1.54) is 0 Å². The molecular weight excluding hydrogens is 346 g/mol. The molecular formula is C20H27N3O4. The van der Waals surface area contributed by atoms with Gasteiger partial charge in [0.05, 0.1) is 12.1 Å². The highest BCUT2D eigenvalue weighted by Gasteiger charge is 2.15. The summed E-state index contributed by atoms with van der Waals surface area (Å²) < 4.78 is 16.5. The molecule has 0 saturated carbocycles. The van der Waals surface area contributed by atoms with Gasteiger partial charge in [-0.1, -0.05) is 19.0 Å². The quantitative estimate of drug-likeness (QED) is 0.681. The Kier molecular flexibility index (Phi) is 6.70. The highest BCUT2D eigenvalue weighted by molar-refractivity contribution is 5.78. The first-order valence-electron chi connectivity index (χ1n) is 9.54. The van der Waals surface area contributed by atoms with Gasteiger partial charge in [-0.25, -0.2) is 0 Å². The Balaban J connectivity index is 1.50. The van der Waals surface area contributed by atoms with Gasteiger partial charge in [-0.3, -0.25) is 4.79 Å². The van der Waals surface area contributed by atoms with Crippen LogP contribution in [0.25, 0.3) is 11.3 Å². The monoisotopic (exact) mass is 373 g/mol. The number of nitrogens with zero attached hydrogens (tertiary/aromatic N) is 2. The van der Waals surface area contributed by atoms with Crippen molar-refractivity contribution in [1.29, 1.82) is 0 Å². The number of benzene rings is 1. The SMILES string of the molecule is CCN(CC)CCCNC(=O)Cc1cc(-c2ccc3c(c2)OCCO3)on1. The predicted molar refractivity (Wildman–Crippen MR) is 102 cm³/mol. The van der Waals surface area contributed by atoms with Gasteiger partial charge < -0.3 is 24.2 Å². The first kappa shape index (κ1) is 19.2. The molecule has 0 atom stereocenters. The molecule has 1 aromatic carbocycles. The molecule has 0 fully saturated rings. The van der Waals surface area contributed by atoms with Crippen molar-refractivity contribution in [2.75, 3.05) is 39.4 Å². The minimum atomic E-state index is -0.0448. The lowest BCUT2D eigenvalue weighted by Crippen LogP contribution is -2.30. The molecule has 0 aliphatic carbocycles. The number of carbonyl (C=O) groups is 1. The lowest BCUT2D eigenvalue weighted by atomic mass is 10.1. The van der Waals surface area contributed by atoms with E-state index in [1.807, 2.05) is 18.2 Å². The largest absolute Gasteiger partial charge is 0.486 e. The maximum Gasteiger partial charge on any atom is 0.226 e. The number of nitrogens with one attached hydrogen (secondary N) is 1. The summed E-state index contributed by atoms with van der Waals surface area (Å²) in [6.07, 6.45) is 1.15. The third kappa shape index (κ3) is 5.23. The minimum Gasteiger partial charge on any atom is -0.486 e. The summed E-state index contributed by atoms with van der Waals surface area (Å²) in [4.78, 5) is 14.4. The van der Waals surface area contributed by atoms with Gasteiger partial charge in [0.15, 0.2) is 17.3 Å². The van der Waals surface area contributed by atoms with Crippen LogP contribution in [0.2, 0.25) is 0 Å². The number of amides is 1. The molecule has 1 aliphatic rings. The fourth-order valence-corrected chi connectivity index (χ4v) is 3.03. The second-order valence-corrected chi connectivity index (χ2v) is 6.45. The number of rotatable bonds is 9. The molecule has 2 aromatic rings. The molecule has 7 nitrogen and oxygen atoms in total. The van der Waals surface area contributed by atoms with Crippen LogP contribution in [0.4, 0.5) is 0 Å². The van der Waals surface area contributed by atoms with E-state index in [1.54, 1.807) is 6.07 Å². The molecule has 0 bridgehead atoms. The molecule has 0 spiro atoms. The van der Waals surface area contributed by atoms with E-state index in [9.17, 15) is 4.79 Å². The van der Waals surface area contributed by atoms with Crippen LogP contribution < -0.4 is 14.8 Å². The summed E-state index contributed by atoms with van der Waals surface area (Å²) >= 11 is 0. The molecule has 146 valence electrons. The van der Waals surface area contributed by atoms with E-state index in [-0.39, 0.29) is 12.3 Å². The summed E-state index contributed by atoms with van der Waals surface area (Å²) in [6, 6.07) is 7.41. The molecule has 1 aliphatic heterocycles. The van der Waals surface area contributed by atoms with Crippen LogP contribution in [0.15, 0.2) is 28.8 Å². The Labute approximate surface area is 159 Å². The Morgan fingerprint density at radius 1 is 1.15 bits per heavy atom. The fourth-order valence-electron chi connectivity index (χ4n) is 3.03. The van der Waals surface area contributed by atoms with Crippen molar-refractivity contribution in [3.8, 4) is 22.8 Å². The van der Waals surface area contributed by atoms with Crippen molar-refractivity contribution in [3.05, 3.63) is 30.0 Å². The number of aromatic nitrogens is 1. The lowest BCUT2D eigenvalue weighted by Gasteiger charge is -2.18. The standard InChI is InChI=1S/C20H27N3O4/c1-3-23(4-2)9-5-8-21-20(24)14-16-13-18(27-22-16)15-6-7-17-19(12-15)26-11-10-25-17/h6-7,12-13H,3-5,8-11,14H2,1-2H3,(H,21,24). The van der Waals surface area contributed by atoms with Gasteiger partial charge in [0.1, 0.15) is 13.2 Å². The molecule has 0 saturated heterocycles. The zero-order chi connectivity index (χ0) is 19.1. The summed E-state index contributed by atoms with van der Waals surface area (Å²) in [6.45, 7) is 9.11. The van der Waals surface area contributed by atoms with E-state index >= 15 is 0 Å². The van der Waals surface area contributed by atoms with Crippen molar-refractivity contribution in [2.45, 2.75) is 26.7 Å². The number of carbonyl (C=O) groups excluding carboxylic acids is 1. The van der Waals surface area contributed by atoms with E-state index in [4.69, 9.17) is 14.0 Å². The second kappa shape index (κ2) is 9.41. The fraction of sp³-hybridized carbons (Fsp3) is 0.500. The van der Waals surface area contributed by atoms with Crippen molar-refractivity contribution < 1.29 is 18.8 Å². The molecule has 27 heavy (non-hydrogen) atoms. The maximum absolute atomic E-state index is 12.1. The second-order valence-electron chi connectivity index (χ2n) is 6.45. The lowest BCUT2D eigenvalue weighted by molar-refractivity contribution is -0.120. The third-order valence-electron chi connectivity index (χ3n) is 4.60. The van der Waals surface area contributed by atoms with Gasteiger partial charge in [-0.2, -0.15) is 0 Å². The molecule has 7 heteroatoms. The molecule has 0 unspecified atom stereocenters. The van der Waals surface area contributed by atoms with Crippen LogP contribution in [-0.4, -0.2) is 55.4 Å². The van der Waals surface area contributed by atoms with Crippen molar-refractivity contribution in [1.82, 2.24) is 15.4 Å². The van der Waals surface area contributed by atoms with Crippen molar-refractivity contribution in [3.63, 3.8) is 0 Å². The average molecular weight is 373 g/mol. The highest BCUT2D eigenvalue weighted by Crippen LogP contribution is 2.34. The topological polar surface area (TPSA) is 76.8 Å². The van der Waals surface area contributed by atoms with Gasteiger partial charge in [0.25, 0.3) is 0 Å². The number of fused-ring (bicyclic) bond motifs is 1. The number of hydrogen-bond donors (Lipinski definition) is 1. The number of ether oxygens (including phenoxy) is 2. The van der Waals surface area contributed by atoms with Gasteiger partial charge in [-0.15, -0.1) is 0 Å². The van der Waals surface area contributed by atoms with Crippen molar-refractivity contribution in [2.24, 2.45) is 0 Å². The molecule has 2 heterocycles. The van der Waals surface area contributed by atoms with Gasteiger partial charge in [0.2, 0.25) is 5.91 Å². The van der Waals surface area contributed by atoms with Crippen LogP contribution in [0.3, 0.4) is 0 Å². The maximum atomic E-state index is 12.1. The predicted octanol–water partition coefficient (Wildman–Crippen LogP) is 2.50. The van der Waals surface area contributed by atoms with Crippen LogP contribution >= 0.6 is 0 Å². The Morgan fingerprint density at radius 3 is 2.70 bits per heavy atom. The summed E-state index contributed by atoms with van der Waals surface area (Å²) in [5.41, 5.74) is 1.46. The average Bonchev–Trinajstić information content (AvgIpc) is 3.16. The first-order valence-corrected chi connectivity index (χ1v) is 9.54. The van der Waals surface area contributed by atoms with Crippen LogP contribution in [0, 0.1) is 0 Å². The zero-order valence-electron chi connectivity index (χ0n) is 16.0. The molecule has 3 rings (SSSR count). The molecule has 1 aromatic heterocycles. The Hall–Kier alpha value is -2.54. The summed E-state index contributed by atoms with van der Waals surface area (Å²) in [5.74, 6) is 1.99. The molecule has 0 radical (unpaired) electrons. The van der Waals surface area contributed by atoms with E-state index < -0.39 is 0 Å². The van der Waals surface area contributed by atoms with Crippen LogP contribution in [0.5, 0.6) is 11.5 Å². The summed E-state index contributed by atoms with van der Waals surface area (Å²) in [5, 5.41) is 6.95. The highest BCUT2D eigenvalue weighted by atomic mass is 16.6.